The van der Waals surface area contributed by atoms with E-state index in [0.717, 1.165) is 25.7 Å². The lowest BCUT2D eigenvalue weighted by Crippen LogP contribution is -2.57. The topological polar surface area (TPSA) is 38.3 Å². The molecule has 6 heteroatoms. The molecule has 3 nitrogen and oxygen atoms in total. The largest absolute Gasteiger partial charge is 0.465 e. The maximum atomic E-state index is 12.4. The van der Waals surface area contributed by atoms with Gasteiger partial charge >= 0.3 is 12.1 Å². The number of esters is 1. The number of nitrogens with one attached hydrogen (secondary N) is 1. The van der Waals surface area contributed by atoms with Gasteiger partial charge in [-0.1, -0.05) is 19.8 Å². The molecule has 0 saturated heterocycles. The van der Waals surface area contributed by atoms with Gasteiger partial charge in [0.2, 0.25) is 0 Å². The molecule has 0 aliphatic heterocycles. The number of alkyl halides is 3. The molecule has 20 heavy (non-hydrogen) atoms. The molecular formula is C14H24F3NO2. The highest BCUT2D eigenvalue weighted by molar-refractivity contribution is 5.81. The Morgan fingerprint density at radius 1 is 1.30 bits per heavy atom. The summed E-state index contributed by atoms with van der Waals surface area (Å²) in [5.74, 6) is -0.0329. The van der Waals surface area contributed by atoms with E-state index in [2.05, 4.69) is 12.2 Å². The standard InChI is InChI=1S/C14H24F3NO2/c1-3-5-11-6-8-13(9-7-11,12(19)20-4-2)18-10-14(15,16)17/h11,18H,3-10H2,1-2H3. The zero-order chi connectivity index (χ0) is 15.2. The van der Waals surface area contributed by atoms with Crippen molar-refractivity contribution in [2.75, 3.05) is 13.2 Å². The monoisotopic (exact) mass is 295 g/mol. The summed E-state index contributed by atoms with van der Waals surface area (Å²) >= 11 is 0. The molecule has 0 aromatic heterocycles. The number of rotatable bonds is 6. The van der Waals surface area contributed by atoms with Crippen LogP contribution in [0.15, 0.2) is 0 Å². The number of carbonyl (C=O) groups is 1. The van der Waals surface area contributed by atoms with Gasteiger partial charge in [-0.15, -0.1) is 0 Å². The number of carbonyl (C=O) groups excluding carboxylic acids is 1. The van der Waals surface area contributed by atoms with E-state index in [9.17, 15) is 18.0 Å². The zero-order valence-corrected chi connectivity index (χ0v) is 12.2. The van der Waals surface area contributed by atoms with Crippen molar-refractivity contribution in [1.82, 2.24) is 5.32 Å². The molecule has 0 heterocycles. The molecule has 118 valence electrons. The number of hydrogen-bond donors (Lipinski definition) is 1. The fourth-order valence-corrected chi connectivity index (χ4v) is 2.86. The Kier molecular flexibility index (Phi) is 6.30. The zero-order valence-electron chi connectivity index (χ0n) is 12.2. The molecule has 0 unspecified atom stereocenters. The first-order valence-electron chi connectivity index (χ1n) is 7.32. The summed E-state index contributed by atoms with van der Waals surface area (Å²) in [7, 11) is 0. The fraction of sp³-hybridized carbons (Fsp3) is 0.929. The van der Waals surface area contributed by atoms with Gasteiger partial charge in [0, 0.05) is 0 Å². The molecule has 0 radical (unpaired) electrons. The van der Waals surface area contributed by atoms with Crippen molar-refractivity contribution in [3.05, 3.63) is 0 Å². The highest BCUT2D eigenvalue weighted by atomic mass is 19.4. The normalized spacial score (nSPS) is 27.4. The highest BCUT2D eigenvalue weighted by Gasteiger charge is 2.44. The van der Waals surface area contributed by atoms with Crippen molar-refractivity contribution in [2.45, 2.75) is 64.1 Å². The minimum atomic E-state index is -4.32. The maximum Gasteiger partial charge on any atom is 0.401 e. The summed E-state index contributed by atoms with van der Waals surface area (Å²) in [6, 6.07) is 0. The third-order valence-corrected chi connectivity index (χ3v) is 3.95. The van der Waals surface area contributed by atoms with Crippen LogP contribution in [0, 0.1) is 5.92 Å². The SMILES string of the molecule is CCCC1CCC(NCC(F)(F)F)(C(=O)OCC)CC1. The van der Waals surface area contributed by atoms with E-state index in [1.165, 1.54) is 0 Å². The van der Waals surface area contributed by atoms with Gasteiger partial charge in [0.25, 0.3) is 0 Å². The van der Waals surface area contributed by atoms with Crippen LogP contribution in [0.5, 0.6) is 0 Å². The Hall–Kier alpha value is -0.780. The summed E-state index contributed by atoms with van der Waals surface area (Å²) in [4.78, 5) is 12.0. The Labute approximate surface area is 118 Å². The number of halogens is 3. The van der Waals surface area contributed by atoms with E-state index in [-0.39, 0.29) is 6.61 Å². The van der Waals surface area contributed by atoms with Gasteiger partial charge in [0.05, 0.1) is 13.2 Å². The molecule has 1 saturated carbocycles. The van der Waals surface area contributed by atoms with Crippen LogP contribution in [0.3, 0.4) is 0 Å². The molecule has 0 spiro atoms. The summed E-state index contributed by atoms with van der Waals surface area (Å²) in [6.07, 6.45) is 0.208. The molecule has 0 aromatic carbocycles. The minimum absolute atomic E-state index is 0.187. The molecular weight excluding hydrogens is 271 g/mol. The molecule has 1 aliphatic carbocycles. The highest BCUT2D eigenvalue weighted by Crippen LogP contribution is 2.35. The van der Waals surface area contributed by atoms with Gasteiger partial charge in [-0.25, -0.2) is 0 Å². The average molecular weight is 295 g/mol. The first-order valence-corrected chi connectivity index (χ1v) is 7.32. The first kappa shape index (κ1) is 17.3. The van der Waals surface area contributed by atoms with Crippen LogP contribution >= 0.6 is 0 Å². The van der Waals surface area contributed by atoms with Crippen molar-refractivity contribution < 1.29 is 22.7 Å². The van der Waals surface area contributed by atoms with Crippen molar-refractivity contribution in [3.8, 4) is 0 Å². The van der Waals surface area contributed by atoms with E-state index in [4.69, 9.17) is 4.74 Å². The Morgan fingerprint density at radius 3 is 2.35 bits per heavy atom. The predicted molar refractivity (Wildman–Crippen MR) is 70.3 cm³/mol. The van der Waals surface area contributed by atoms with Crippen molar-refractivity contribution >= 4 is 5.97 Å². The molecule has 1 fully saturated rings. The van der Waals surface area contributed by atoms with Crippen LogP contribution in [-0.2, 0) is 9.53 Å². The maximum absolute atomic E-state index is 12.4. The number of hydrogen-bond acceptors (Lipinski definition) is 3. The average Bonchev–Trinajstić information content (AvgIpc) is 2.38. The Balaban J connectivity index is 2.69. The predicted octanol–water partition coefficient (Wildman–Crippen LogP) is 3.43. The Bertz CT molecular complexity index is 310. The van der Waals surface area contributed by atoms with E-state index in [1.54, 1.807) is 6.92 Å². The Morgan fingerprint density at radius 2 is 1.90 bits per heavy atom. The van der Waals surface area contributed by atoms with Gasteiger partial charge in [-0.2, -0.15) is 13.2 Å². The van der Waals surface area contributed by atoms with Gasteiger partial charge in [0.1, 0.15) is 5.54 Å². The van der Waals surface area contributed by atoms with Gasteiger partial charge in [-0.05, 0) is 38.5 Å². The second kappa shape index (κ2) is 7.29. The summed E-state index contributed by atoms with van der Waals surface area (Å²) in [6.45, 7) is 2.80. The fourth-order valence-electron chi connectivity index (χ4n) is 2.86. The van der Waals surface area contributed by atoms with Crippen LogP contribution in [-0.4, -0.2) is 30.8 Å². The molecule has 1 aliphatic rings. The van der Waals surface area contributed by atoms with Crippen LogP contribution in [0.4, 0.5) is 13.2 Å². The van der Waals surface area contributed by atoms with Gasteiger partial charge < -0.3 is 4.74 Å². The summed E-state index contributed by atoms with van der Waals surface area (Å²) in [5, 5.41) is 2.42. The van der Waals surface area contributed by atoms with Crippen molar-refractivity contribution in [2.24, 2.45) is 5.92 Å². The van der Waals surface area contributed by atoms with Crippen LogP contribution in [0.25, 0.3) is 0 Å². The minimum Gasteiger partial charge on any atom is -0.465 e. The summed E-state index contributed by atoms with van der Waals surface area (Å²) < 4.78 is 42.2. The second-order valence-electron chi connectivity index (χ2n) is 5.50. The molecule has 0 atom stereocenters. The molecule has 1 rings (SSSR count). The molecule has 0 bridgehead atoms. The third-order valence-electron chi connectivity index (χ3n) is 3.95. The van der Waals surface area contributed by atoms with Crippen LogP contribution in [0.1, 0.15) is 52.4 Å². The van der Waals surface area contributed by atoms with Gasteiger partial charge in [0.15, 0.2) is 0 Å². The van der Waals surface area contributed by atoms with Gasteiger partial charge in [-0.3, -0.25) is 10.1 Å². The third kappa shape index (κ3) is 4.96. The molecule has 1 N–H and O–H groups in total. The quantitative estimate of drug-likeness (QED) is 0.763. The lowest BCUT2D eigenvalue weighted by molar-refractivity contribution is -0.158. The summed E-state index contributed by atoms with van der Waals surface area (Å²) in [5.41, 5.74) is -1.16. The number of ether oxygens (including phenoxy) is 1. The van der Waals surface area contributed by atoms with E-state index < -0.39 is 24.2 Å². The first-order chi connectivity index (χ1) is 9.33. The molecule has 0 aromatic rings. The van der Waals surface area contributed by atoms with E-state index in [1.807, 2.05) is 0 Å². The van der Waals surface area contributed by atoms with Crippen molar-refractivity contribution in [3.63, 3.8) is 0 Å². The van der Waals surface area contributed by atoms with E-state index in [0.29, 0.717) is 18.8 Å². The van der Waals surface area contributed by atoms with Crippen LogP contribution < -0.4 is 5.32 Å². The van der Waals surface area contributed by atoms with E-state index >= 15 is 0 Å². The molecule has 0 amide bonds. The lowest BCUT2D eigenvalue weighted by atomic mass is 9.75. The smallest absolute Gasteiger partial charge is 0.401 e. The van der Waals surface area contributed by atoms with Crippen LogP contribution in [0.2, 0.25) is 0 Å². The lowest BCUT2D eigenvalue weighted by Gasteiger charge is -2.39. The second-order valence-corrected chi connectivity index (χ2v) is 5.50. The van der Waals surface area contributed by atoms with Crippen molar-refractivity contribution in [1.29, 1.82) is 0 Å².